The molecule has 0 aliphatic carbocycles. The van der Waals surface area contributed by atoms with Gasteiger partial charge in [-0.05, 0) is 108 Å². The first-order chi connectivity index (χ1) is 25.9. The fourth-order valence-electron chi connectivity index (χ4n) is 9.21. The zero-order valence-corrected chi connectivity index (χ0v) is 36.8. The van der Waals surface area contributed by atoms with Gasteiger partial charge in [0.2, 0.25) is 0 Å². The van der Waals surface area contributed by atoms with Crippen LogP contribution < -0.4 is 5.73 Å². The van der Waals surface area contributed by atoms with Gasteiger partial charge in [0.05, 0.1) is 41.5 Å². The van der Waals surface area contributed by atoms with Crippen LogP contribution in [0.15, 0.2) is 0 Å². The van der Waals surface area contributed by atoms with Crippen LogP contribution in [0.25, 0.3) is 0 Å². The summed E-state index contributed by atoms with van der Waals surface area (Å²) >= 11 is 0. The fourth-order valence-corrected chi connectivity index (χ4v) is 9.21. The number of carbonyl (C=O) groups excluding carboxylic acids is 1. The van der Waals surface area contributed by atoms with Crippen molar-refractivity contribution in [1.29, 1.82) is 0 Å². The molecule has 3 saturated heterocycles. The van der Waals surface area contributed by atoms with Gasteiger partial charge >= 0.3 is 5.97 Å². The Morgan fingerprint density at radius 2 is 1.61 bits per heavy atom. The normalized spacial score (nSPS) is 46.9. The van der Waals surface area contributed by atoms with Crippen molar-refractivity contribution < 1.29 is 58.4 Å². The standard InChI is InChI=1S/C41H79N3O12/c1-15-30-41(10,49)34(45)27(6)44(13)22-23(2)20-39(8,48)36(56-38-33(51-18-16-17-42)29(43(11)12)19-24(3)52-38)25(4)32(26(5)37(47)54-30)55-31-21-40(9,50-14)35(46)28(7)53-31/h23-36,38,45-46,48-49H,15-22,42H2,1-14H3/t23-,24+,25+,26+,27+,28-,29-,30-,31+,32+,33-,34+,35+,36-,38-,39+,40?,41-/m0/s1. The summed E-state index contributed by atoms with van der Waals surface area (Å²) in [7, 11) is 7.37. The van der Waals surface area contributed by atoms with Crippen molar-refractivity contribution in [3.63, 3.8) is 0 Å². The Kier molecular flexibility index (Phi) is 18.0. The van der Waals surface area contributed by atoms with E-state index in [1.807, 2.05) is 53.7 Å². The molecule has 1 unspecified atom stereocenters. The molecule has 6 N–H and O–H groups in total. The zero-order chi connectivity index (χ0) is 42.5. The van der Waals surface area contributed by atoms with Gasteiger partial charge in [0, 0.05) is 44.7 Å². The number of methoxy groups -OCH3 is 1. The number of carbonyl (C=O) groups is 1. The van der Waals surface area contributed by atoms with E-state index in [-0.39, 0.29) is 37.3 Å². The summed E-state index contributed by atoms with van der Waals surface area (Å²) < 4.78 is 44.9. The van der Waals surface area contributed by atoms with E-state index < -0.39 is 96.0 Å². The lowest BCUT2D eigenvalue weighted by Gasteiger charge is -2.49. The van der Waals surface area contributed by atoms with Crippen LogP contribution in [-0.4, -0.2) is 174 Å². The molecule has 0 bridgehead atoms. The van der Waals surface area contributed by atoms with Gasteiger partial charge in [-0.2, -0.15) is 0 Å². The molecule has 3 fully saturated rings. The van der Waals surface area contributed by atoms with E-state index in [0.29, 0.717) is 32.5 Å². The van der Waals surface area contributed by atoms with Gasteiger partial charge in [0.1, 0.15) is 30.0 Å². The van der Waals surface area contributed by atoms with E-state index in [4.69, 9.17) is 38.9 Å². The quantitative estimate of drug-likeness (QED) is 0.151. The molecule has 0 radical (unpaired) electrons. The van der Waals surface area contributed by atoms with E-state index in [0.717, 1.165) is 0 Å². The molecular weight excluding hydrogens is 726 g/mol. The van der Waals surface area contributed by atoms with Crippen LogP contribution in [0.5, 0.6) is 0 Å². The molecule has 330 valence electrons. The monoisotopic (exact) mass is 806 g/mol. The molecule has 56 heavy (non-hydrogen) atoms. The van der Waals surface area contributed by atoms with Gasteiger partial charge in [-0.25, -0.2) is 0 Å². The fraction of sp³-hybridized carbons (Fsp3) is 0.976. The van der Waals surface area contributed by atoms with Crippen LogP contribution in [0.4, 0.5) is 0 Å². The van der Waals surface area contributed by atoms with Crippen LogP contribution in [-0.2, 0) is 38.0 Å². The van der Waals surface area contributed by atoms with Crippen molar-refractivity contribution in [3.05, 3.63) is 0 Å². The predicted octanol–water partition coefficient (Wildman–Crippen LogP) is 2.27. The highest BCUT2D eigenvalue weighted by molar-refractivity contribution is 5.73. The van der Waals surface area contributed by atoms with E-state index in [2.05, 4.69) is 4.90 Å². The van der Waals surface area contributed by atoms with Gasteiger partial charge in [-0.1, -0.05) is 20.8 Å². The van der Waals surface area contributed by atoms with Crippen molar-refractivity contribution >= 4 is 5.97 Å². The Morgan fingerprint density at radius 3 is 2.18 bits per heavy atom. The highest BCUT2D eigenvalue weighted by Gasteiger charge is 2.53. The number of likely N-dealkylation sites (N-methyl/N-ethyl adjacent to an activating group) is 2. The molecule has 15 heteroatoms. The van der Waals surface area contributed by atoms with E-state index >= 15 is 0 Å². The van der Waals surface area contributed by atoms with Crippen LogP contribution in [0, 0.1) is 17.8 Å². The van der Waals surface area contributed by atoms with Crippen molar-refractivity contribution in [1.82, 2.24) is 9.80 Å². The number of cyclic esters (lactones) is 1. The summed E-state index contributed by atoms with van der Waals surface area (Å²) in [5.41, 5.74) is 1.50. The van der Waals surface area contributed by atoms with Gasteiger partial charge in [-0.3, -0.25) is 4.79 Å². The third kappa shape index (κ3) is 11.6. The Labute approximate surface area is 336 Å². The highest BCUT2D eigenvalue weighted by atomic mass is 16.7. The first kappa shape index (κ1) is 49.3. The maximum atomic E-state index is 14.4. The number of hydrogen-bond donors (Lipinski definition) is 5. The van der Waals surface area contributed by atoms with E-state index in [9.17, 15) is 25.2 Å². The number of nitrogens with zero attached hydrogens (tertiary/aromatic N) is 2. The first-order valence-electron chi connectivity index (χ1n) is 20.8. The molecule has 3 aliphatic heterocycles. The lowest BCUT2D eigenvalue weighted by Crippen LogP contribution is -2.61. The molecule has 0 aromatic carbocycles. The number of esters is 1. The molecule has 15 nitrogen and oxygen atoms in total. The minimum absolute atomic E-state index is 0.0699. The predicted molar refractivity (Wildman–Crippen MR) is 212 cm³/mol. The molecule has 0 saturated carbocycles. The maximum Gasteiger partial charge on any atom is 0.311 e. The summed E-state index contributed by atoms with van der Waals surface area (Å²) in [6, 6.07) is -0.600. The maximum absolute atomic E-state index is 14.4. The number of aliphatic hydroxyl groups excluding tert-OH is 2. The second kappa shape index (κ2) is 20.5. The lowest BCUT2D eigenvalue weighted by atomic mass is 9.77. The van der Waals surface area contributed by atoms with Crippen LogP contribution in [0.3, 0.4) is 0 Å². The second-order valence-corrected chi connectivity index (χ2v) is 18.2. The molecule has 3 heterocycles. The molecule has 0 aromatic heterocycles. The van der Waals surface area contributed by atoms with Crippen LogP contribution >= 0.6 is 0 Å². The summed E-state index contributed by atoms with van der Waals surface area (Å²) in [5.74, 6) is -2.50. The SMILES string of the molecule is CC[C@@H]1OC(=O)[C@H](C)[C@H](O[C@@H]2CC(C)(OC)[C@H](O)[C@H](C)O2)[C@@H](C)[C@H](O[C@@H]2O[C@H](C)C[C@H](N(C)C)[C@@H]2OCCCN)[C@](C)(O)C[C@H](C)CN(C)[C@H](C)[C@@H](O)[C@@]1(C)O. The Bertz CT molecular complexity index is 1210. The van der Waals surface area contributed by atoms with Crippen molar-refractivity contribution in [2.75, 3.05) is 47.9 Å². The molecule has 0 spiro atoms. The minimum atomic E-state index is -1.80. The number of aliphatic hydroxyl groups is 4. The smallest absolute Gasteiger partial charge is 0.311 e. The third-order valence-corrected chi connectivity index (χ3v) is 12.8. The van der Waals surface area contributed by atoms with E-state index in [1.165, 1.54) is 14.0 Å². The summed E-state index contributed by atoms with van der Waals surface area (Å²) in [5, 5.41) is 47.1. The molecule has 0 amide bonds. The van der Waals surface area contributed by atoms with Crippen molar-refractivity contribution in [3.8, 4) is 0 Å². The Morgan fingerprint density at radius 1 is 0.964 bits per heavy atom. The summed E-state index contributed by atoms with van der Waals surface area (Å²) in [6.45, 7) is 19.2. The third-order valence-electron chi connectivity index (χ3n) is 12.8. The summed E-state index contributed by atoms with van der Waals surface area (Å²) in [6.07, 6.45) is -6.49. The van der Waals surface area contributed by atoms with E-state index in [1.54, 1.807) is 34.6 Å². The Balaban J connectivity index is 2.21. The molecule has 0 aromatic rings. The second-order valence-electron chi connectivity index (χ2n) is 18.2. The van der Waals surface area contributed by atoms with Gasteiger partial charge in [0.25, 0.3) is 0 Å². The summed E-state index contributed by atoms with van der Waals surface area (Å²) in [4.78, 5) is 18.4. The van der Waals surface area contributed by atoms with Gasteiger partial charge in [-0.15, -0.1) is 0 Å². The van der Waals surface area contributed by atoms with Crippen molar-refractivity contribution in [2.45, 2.75) is 192 Å². The first-order valence-corrected chi connectivity index (χ1v) is 20.8. The van der Waals surface area contributed by atoms with Gasteiger partial charge < -0.3 is 69.1 Å². The number of rotatable bonds is 11. The minimum Gasteiger partial charge on any atom is -0.459 e. The lowest BCUT2D eigenvalue weighted by molar-refractivity contribution is -0.321. The number of ether oxygens (including phenoxy) is 7. The molecular formula is C41H79N3O12. The zero-order valence-electron chi connectivity index (χ0n) is 36.8. The van der Waals surface area contributed by atoms with Crippen LogP contribution in [0.2, 0.25) is 0 Å². The number of hydrogen-bond acceptors (Lipinski definition) is 15. The molecule has 3 aliphatic rings. The number of nitrogens with two attached hydrogens (primary N) is 1. The van der Waals surface area contributed by atoms with Gasteiger partial charge in [0.15, 0.2) is 12.6 Å². The topological polar surface area (TPSA) is 195 Å². The molecule has 3 rings (SSSR count). The van der Waals surface area contributed by atoms with Crippen molar-refractivity contribution in [2.24, 2.45) is 23.5 Å². The Hall–Kier alpha value is -1.05. The van der Waals surface area contributed by atoms with Crippen LogP contribution in [0.1, 0.15) is 101 Å². The molecule has 18 atom stereocenters. The average molecular weight is 806 g/mol. The largest absolute Gasteiger partial charge is 0.459 e. The highest BCUT2D eigenvalue weighted by Crippen LogP contribution is 2.40. The average Bonchev–Trinajstić information content (AvgIpc) is 3.12.